The van der Waals surface area contributed by atoms with Crippen LogP contribution in [-0.2, 0) is 6.42 Å². The van der Waals surface area contributed by atoms with Gasteiger partial charge in [-0.05, 0) is 54.1 Å². The van der Waals surface area contributed by atoms with E-state index in [-0.39, 0.29) is 11.5 Å². The van der Waals surface area contributed by atoms with Crippen LogP contribution in [0.5, 0.6) is 0 Å². The number of amides is 1. The summed E-state index contributed by atoms with van der Waals surface area (Å²) < 4.78 is 0. The third-order valence-corrected chi connectivity index (χ3v) is 4.08. The van der Waals surface area contributed by atoms with Gasteiger partial charge >= 0.3 is 5.97 Å². The first kappa shape index (κ1) is 19.4. The van der Waals surface area contributed by atoms with Gasteiger partial charge < -0.3 is 10.4 Å². The average Bonchev–Trinajstić information content (AvgIpc) is 2.73. The molecule has 0 heterocycles. The summed E-state index contributed by atoms with van der Waals surface area (Å²) in [5, 5.41) is 20.6. The van der Waals surface area contributed by atoms with E-state index in [1.807, 2.05) is 0 Å². The Morgan fingerprint density at radius 2 is 1.52 bits per heavy atom. The minimum atomic E-state index is -1.00. The van der Waals surface area contributed by atoms with Gasteiger partial charge in [-0.3, -0.25) is 4.79 Å². The molecule has 5 heteroatoms. The van der Waals surface area contributed by atoms with Crippen LogP contribution in [0.15, 0.2) is 72.8 Å². The van der Waals surface area contributed by atoms with Crippen molar-refractivity contribution in [1.29, 1.82) is 5.26 Å². The molecule has 0 aliphatic carbocycles. The molecule has 3 aromatic carbocycles. The third kappa shape index (κ3) is 5.32. The number of carbonyl (C=O) groups is 2. The van der Waals surface area contributed by atoms with Gasteiger partial charge in [0.25, 0.3) is 5.91 Å². The van der Waals surface area contributed by atoms with E-state index in [9.17, 15) is 9.59 Å². The van der Waals surface area contributed by atoms with Crippen molar-refractivity contribution in [3.05, 3.63) is 101 Å². The maximum absolute atomic E-state index is 12.4. The topological polar surface area (TPSA) is 90.2 Å². The molecule has 0 bridgehead atoms. The summed E-state index contributed by atoms with van der Waals surface area (Å²) in [5.74, 6) is 4.65. The standard InChI is InChI=1S/C24H16N2O3/c25-14-13-17-9-11-20(12-10-17)23(27)26-22-6-2-4-19(16-22)8-7-18-3-1-5-21(15-18)24(28)29/h1-6,9-12,15-16H,13H2,(H,26,27)(H,28,29). The van der Waals surface area contributed by atoms with E-state index >= 15 is 0 Å². The number of carbonyl (C=O) groups excluding carboxylic acids is 1. The zero-order valence-corrected chi connectivity index (χ0v) is 15.3. The number of nitrogens with zero attached hydrogens (tertiary/aromatic N) is 1. The molecule has 0 atom stereocenters. The van der Waals surface area contributed by atoms with Crippen LogP contribution in [0.2, 0.25) is 0 Å². The lowest BCUT2D eigenvalue weighted by Crippen LogP contribution is -2.11. The third-order valence-electron chi connectivity index (χ3n) is 4.08. The van der Waals surface area contributed by atoms with Gasteiger partial charge in [0.1, 0.15) is 0 Å². The van der Waals surface area contributed by atoms with Crippen LogP contribution < -0.4 is 5.32 Å². The Kier molecular flexibility index (Phi) is 6.05. The Morgan fingerprint density at radius 3 is 2.17 bits per heavy atom. The van der Waals surface area contributed by atoms with Gasteiger partial charge in [-0.25, -0.2) is 4.79 Å². The first-order valence-corrected chi connectivity index (χ1v) is 8.78. The smallest absolute Gasteiger partial charge is 0.335 e. The molecule has 0 aliphatic rings. The monoisotopic (exact) mass is 380 g/mol. The maximum Gasteiger partial charge on any atom is 0.335 e. The van der Waals surface area contributed by atoms with Gasteiger partial charge in [0.15, 0.2) is 0 Å². The predicted octanol–water partition coefficient (Wildman–Crippen LogP) is 4.10. The molecule has 0 saturated heterocycles. The van der Waals surface area contributed by atoms with Crippen LogP contribution in [0, 0.1) is 23.2 Å². The van der Waals surface area contributed by atoms with Crippen LogP contribution in [0.25, 0.3) is 0 Å². The number of hydrogen-bond donors (Lipinski definition) is 2. The molecule has 29 heavy (non-hydrogen) atoms. The lowest BCUT2D eigenvalue weighted by molar-refractivity contribution is 0.0696. The first-order valence-electron chi connectivity index (χ1n) is 8.78. The molecule has 0 fully saturated rings. The molecule has 0 spiro atoms. The van der Waals surface area contributed by atoms with Gasteiger partial charge in [0.05, 0.1) is 18.1 Å². The van der Waals surface area contributed by atoms with Gasteiger partial charge in [0, 0.05) is 22.4 Å². The molecule has 3 aromatic rings. The zero-order chi connectivity index (χ0) is 20.6. The molecule has 0 radical (unpaired) electrons. The molecular formula is C24H16N2O3. The van der Waals surface area contributed by atoms with E-state index in [1.54, 1.807) is 60.7 Å². The van der Waals surface area contributed by atoms with Gasteiger partial charge in [-0.15, -0.1) is 0 Å². The lowest BCUT2D eigenvalue weighted by Gasteiger charge is -2.06. The predicted molar refractivity (Wildman–Crippen MR) is 110 cm³/mol. The Hall–Kier alpha value is -4.35. The van der Waals surface area contributed by atoms with E-state index in [2.05, 4.69) is 23.2 Å². The fourth-order valence-corrected chi connectivity index (χ4v) is 2.62. The second-order valence-electron chi connectivity index (χ2n) is 6.20. The van der Waals surface area contributed by atoms with Crippen molar-refractivity contribution >= 4 is 17.6 Å². The largest absolute Gasteiger partial charge is 0.478 e. The fourth-order valence-electron chi connectivity index (χ4n) is 2.62. The quantitative estimate of drug-likeness (QED) is 0.667. The van der Waals surface area contributed by atoms with E-state index in [1.165, 1.54) is 12.1 Å². The second-order valence-corrected chi connectivity index (χ2v) is 6.20. The molecule has 0 aromatic heterocycles. The highest BCUT2D eigenvalue weighted by Gasteiger charge is 2.06. The second kappa shape index (κ2) is 9.03. The highest BCUT2D eigenvalue weighted by molar-refractivity contribution is 6.04. The van der Waals surface area contributed by atoms with Crippen LogP contribution in [0.1, 0.15) is 37.4 Å². The molecule has 5 nitrogen and oxygen atoms in total. The van der Waals surface area contributed by atoms with Crippen molar-refractivity contribution in [2.75, 3.05) is 5.32 Å². The summed E-state index contributed by atoms with van der Waals surface area (Å²) in [7, 11) is 0. The van der Waals surface area contributed by atoms with Gasteiger partial charge in [-0.1, -0.05) is 36.1 Å². The van der Waals surface area contributed by atoms with Crippen molar-refractivity contribution in [3.63, 3.8) is 0 Å². The summed E-state index contributed by atoms with van der Waals surface area (Å²) >= 11 is 0. The van der Waals surface area contributed by atoms with E-state index < -0.39 is 5.97 Å². The number of benzene rings is 3. The number of carboxylic acid groups (broad SMARTS) is 1. The highest BCUT2D eigenvalue weighted by Crippen LogP contribution is 2.13. The van der Waals surface area contributed by atoms with Crippen molar-refractivity contribution in [2.24, 2.45) is 0 Å². The minimum absolute atomic E-state index is 0.179. The summed E-state index contributed by atoms with van der Waals surface area (Å²) in [4.78, 5) is 23.4. The van der Waals surface area contributed by atoms with Crippen molar-refractivity contribution in [2.45, 2.75) is 6.42 Å². The number of nitrogens with one attached hydrogen (secondary N) is 1. The molecule has 2 N–H and O–H groups in total. The average molecular weight is 380 g/mol. The number of hydrogen-bond acceptors (Lipinski definition) is 3. The molecule has 0 unspecified atom stereocenters. The number of rotatable bonds is 4. The zero-order valence-electron chi connectivity index (χ0n) is 15.3. The van der Waals surface area contributed by atoms with Crippen molar-refractivity contribution < 1.29 is 14.7 Å². The SMILES string of the molecule is N#CCc1ccc(C(=O)Nc2cccc(C#Cc3cccc(C(=O)O)c3)c2)cc1. The van der Waals surface area contributed by atoms with E-state index in [0.29, 0.717) is 28.8 Å². The summed E-state index contributed by atoms with van der Waals surface area (Å²) in [6.45, 7) is 0. The van der Waals surface area contributed by atoms with Crippen LogP contribution in [-0.4, -0.2) is 17.0 Å². The van der Waals surface area contributed by atoms with E-state index in [0.717, 1.165) is 5.56 Å². The summed E-state index contributed by atoms with van der Waals surface area (Å²) in [5.41, 5.74) is 3.41. The Labute approximate surface area is 168 Å². The number of aromatic carboxylic acids is 1. The lowest BCUT2D eigenvalue weighted by atomic mass is 10.1. The Bertz CT molecular complexity index is 1160. The Balaban J connectivity index is 1.73. The Morgan fingerprint density at radius 1 is 0.862 bits per heavy atom. The fraction of sp³-hybridized carbons (Fsp3) is 0.0417. The maximum atomic E-state index is 12.4. The molecule has 140 valence electrons. The van der Waals surface area contributed by atoms with Crippen LogP contribution in [0.4, 0.5) is 5.69 Å². The minimum Gasteiger partial charge on any atom is -0.478 e. The first-order chi connectivity index (χ1) is 14.0. The molecule has 0 saturated carbocycles. The van der Waals surface area contributed by atoms with Crippen molar-refractivity contribution in [1.82, 2.24) is 0 Å². The number of carboxylic acids is 1. The van der Waals surface area contributed by atoms with Gasteiger partial charge in [-0.2, -0.15) is 5.26 Å². The summed E-state index contributed by atoms with van der Waals surface area (Å²) in [6.07, 6.45) is 0.304. The van der Waals surface area contributed by atoms with Crippen LogP contribution in [0.3, 0.4) is 0 Å². The van der Waals surface area contributed by atoms with Crippen molar-refractivity contribution in [3.8, 4) is 17.9 Å². The molecular weight excluding hydrogens is 364 g/mol. The molecule has 3 rings (SSSR count). The van der Waals surface area contributed by atoms with Crippen LogP contribution >= 0.6 is 0 Å². The number of nitriles is 1. The molecule has 1 amide bonds. The number of anilines is 1. The highest BCUT2D eigenvalue weighted by atomic mass is 16.4. The van der Waals surface area contributed by atoms with Gasteiger partial charge in [0.2, 0.25) is 0 Å². The normalized spacial score (nSPS) is 9.62. The summed E-state index contributed by atoms with van der Waals surface area (Å²) in [6, 6.07) is 22.4. The molecule has 0 aliphatic heterocycles. The van der Waals surface area contributed by atoms with E-state index in [4.69, 9.17) is 10.4 Å².